The van der Waals surface area contributed by atoms with Crippen molar-refractivity contribution in [3.8, 4) is 11.3 Å². The molecule has 10 nitrogen and oxygen atoms in total. The molecule has 2 saturated heterocycles. The number of alkyl halides is 3. The average molecular weight is 641 g/mol. The molecular weight excluding hydrogens is 601 g/mol. The van der Waals surface area contributed by atoms with Crippen LogP contribution in [0.3, 0.4) is 0 Å². The molecular formula is C33H39F3N6O4. The number of aromatic nitrogens is 2. The summed E-state index contributed by atoms with van der Waals surface area (Å²) in [5, 5.41) is 2.15. The zero-order valence-electron chi connectivity index (χ0n) is 26.1. The zero-order valence-corrected chi connectivity index (χ0v) is 26.1. The van der Waals surface area contributed by atoms with Crippen molar-refractivity contribution in [2.45, 2.75) is 69.4 Å². The minimum absolute atomic E-state index is 0.0349. The van der Waals surface area contributed by atoms with Gasteiger partial charge in [-0.3, -0.25) is 24.5 Å². The Morgan fingerprint density at radius 2 is 1.96 bits per heavy atom. The number of benzene rings is 1. The fraction of sp³-hybridized carbons (Fsp3) is 0.545. The van der Waals surface area contributed by atoms with Crippen LogP contribution in [0, 0.1) is 5.41 Å². The smallest absolute Gasteiger partial charge is 0.406 e. The van der Waals surface area contributed by atoms with Gasteiger partial charge < -0.3 is 19.8 Å². The molecule has 246 valence electrons. The minimum atomic E-state index is -4.47. The van der Waals surface area contributed by atoms with Gasteiger partial charge in [-0.05, 0) is 48.2 Å². The Hall–Kier alpha value is -3.52. The van der Waals surface area contributed by atoms with Gasteiger partial charge in [0.15, 0.2) is 0 Å². The van der Waals surface area contributed by atoms with E-state index < -0.39 is 48.2 Å². The summed E-state index contributed by atoms with van der Waals surface area (Å²) in [5.74, 6) is -1.16. The Labute approximate surface area is 265 Å². The number of carbonyl (C=O) groups excluding carboxylic acids is 2. The van der Waals surface area contributed by atoms with Crippen molar-refractivity contribution in [1.82, 2.24) is 24.9 Å². The van der Waals surface area contributed by atoms with Gasteiger partial charge >= 0.3 is 12.1 Å². The summed E-state index contributed by atoms with van der Waals surface area (Å²) in [6, 6.07) is 7.74. The first-order valence-corrected chi connectivity index (χ1v) is 15.8. The number of nitrogens with one attached hydrogen (secondary N) is 1. The van der Waals surface area contributed by atoms with Crippen LogP contribution in [0.25, 0.3) is 22.2 Å². The van der Waals surface area contributed by atoms with Crippen LogP contribution >= 0.6 is 0 Å². The predicted molar refractivity (Wildman–Crippen MR) is 163 cm³/mol. The number of amides is 1. The second-order valence-corrected chi connectivity index (χ2v) is 13.7. The van der Waals surface area contributed by atoms with Crippen LogP contribution in [0.1, 0.15) is 61.4 Å². The molecule has 2 unspecified atom stereocenters. The summed E-state index contributed by atoms with van der Waals surface area (Å²) in [6.07, 6.45) is -2.37. The van der Waals surface area contributed by atoms with Gasteiger partial charge in [-0.15, -0.1) is 0 Å². The van der Waals surface area contributed by atoms with Crippen LogP contribution in [0.4, 0.5) is 13.2 Å². The molecule has 3 N–H and O–H groups in total. The van der Waals surface area contributed by atoms with E-state index in [1.807, 2.05) is 26.0 Å². The van der Waals surface area contributed by atoms with E-state index in [2.05, 4.69) is 15.3 Å². The molecule has 4 aliphatic heterocycles. The maximum atomic E-state index is 14.2. The molecule has 1 amide bonds. The van der Waals surface area contributed by atoms with E-state index in [-0.39, 0.29) is 18.4 Å². The number of nitrogens with zero attached hydrogens (tertiary/aromatic N) is 4. The lowest BCUT2D eigenvalue weighted by Gasteiger charge is -2.43. The number of fused-ring (bicyclic) bond motifs is 7. The van der Waals surface area contributed by atoms with Crippen molar-refractivity contribution >= 4 is 22.8 Å². The first kappa shape index (κ1) is 31.1. The molecule has 6 heterocycles. The molecule has 0 radical (unpaired) electrons. The molecule has 3 aromatic rings. The maximum absolute atomic E-state index is 14.2. The molecule has 0 saturated carbocycles. The van der Waals surface area contributed by atoms with Crippen molar-refractivity contribution in [1.29, 1.82) is 0 Å². The SMILES string of the molecule is CO[C@@H]1c2ncccc2-c2c3c4cc(ccc4n2CC(F)(F)F)C2CN(CC(N)C(=O)N4CCC[C@H](N4)C(=O)OCC(C)(C)C31)C2. The minimum Gasteiger partial charge on any atom is -0.464 e. The average Bonchev–Trinajstić information content (AvgIpc) is 3.31. The summed E-state index contributed by atoms with van der Waals surface area (Å²) >= 11 is 0. The number of hydrogen-bond acceptors (Lipinski definition) is 8. The Kier molecular flexibility index (Phi) is 7.65. The summed E-state index contributed by atoms with van der Waals surface area (Å²) < 4.78 is 56.1. The van der Waals surface area contributed by atoms with Crippen LogP contribution < -0.4 is 11.2 Å². The summed E-state index contributed by atoms with van der Waals surface area (Å²) in [5.41, 5.74) is 12.4. The highest BCUT2D eigenvalue weighted by Gasteiger charge is 2.48. The highest BCUT2D eigenvalue weighted by atomic mass is 19.4. The molecule has 5 aliphatic rings. The Morgan fingerprint density at radius 1 is 1.17 bits per heavy atom. The van der Waals surface area contributed by atoms with Gasteiger partial charge in [-0.25, -0.2) is 5.43 Å². The number of hydrazine groups is 1. The number of esters is 1. The third-order valence-corrected chi connectivity index (χ3v) is 10.1. The number of ether oxygens (including phenoxy) is 2. The van der Waals surface area contributed by atoms with E-state index in [0.29, 0.717) is 66.9 Å². The van der Waals surface area contributed by atoms with Crippen molar-refractivity contribution in [2.24, 2.45) is 11.1 Å². The molecule has 1 aromatic carbocycles. The monoisotopic (exact) mass is 640 g/mol. The first-order valence-electron chi connectivity index (χ1n) is 15.8. The maximum Gasteiger partial charge on any atom is 0.406 e. The Balaban J connectivity index is 1.41. The molecule has 8 rings (SSSR count). The quantitative estimate of drug-likeness (QED) is 0.406. The van der Waals surface area contributed by atoms with E-state index in [1.165, 1.54) is 9.58 Å². The fourth-order valence-electron chi connectivity index (χ4n) is 7.85. The summed E-state index contributed by atoms with van der Waals surface area (Å²) in [7, 11) is 1.58. The molecule has 4 atom stereocenters. The van der Waals surface area contributed by atoms with Gasteiger partial charge in [-0.2, -0.15) is 13.2 Å². The number of carbonyl (C=O) groups is 2. The highest BCUT2D eigenvalue weighted by Crippen LogP contribution is 2.57. The molecule has 2 aromatic heterocycles. The number of halogens is 3. The normalized spacial score (nSPS) is 29.5. The van der Waals surface area contributed by atoms with Crippen LogP contribution in [0.15, 0.2) is 36.5 Å². The van der Waals surface area contributed by atoms with Gasteiger partial charge in [0.05, 0.1) is 24.0 Å². The molecule has 46 heavy (non-hydrogen) atoms. The van der Waals surface area contributed by atoms with E-state index in [1.54, 1.807) is 31.5 Å². The van der Waals surface area contributed by atoms with Gasteiger partial charge in [-0.1, -0.05) is 19.9 Å². The number of rotatable bonds is 2. The Bertz CT molecular complexity index is 1680. The van der Waals surface area contributed by atoms with Crippen LogP contribution in [-0.4, -0.2) is 89.5 Å². The predicted octanol–water partition coefficient (Wildman–Crippen LogP) is 3.86. The number of nitrogens with two attached hydrogens (primary N) is 1. The molecule has 1 aliphatic carbocycles. The van der Waals surface area contributed by atoms with Crippen LogP contribution in [0.2, 0.25) is 0 Å². The topological polar surface area (TPSA) is 115 Å². The lowest BCUT2D eigenvalue weighted by molar-refractivity contribution is -0.156. The second kappa shape index (κ2) is 11.3. The first-order chi connectivity index (χ1) is 21.9. The van der Waals surface area contributed by atoms with Gasteiger partial charge in [0.25, 0.3) is 5.91 Å². The zero-order chi connectivity index (χ0) is 32.5. The third kappa shape index (κ3) is 5.26. The van der Waals surface area contributed by atoms with Crippen molar-refractivity contribution < 1.29 is 32.2 Å². The second-order valence-electron chi connectivity index (χ2n) is 13.7. The lowest BCUT2D eigenvalue weighted by Crippen LogP contribution is -2.61. The third-order valence-electron chi connectivity index (χ3n) is 10.1. The van der Waals surface area contributed by atoms with E-state index in [4.69, 9.17) is 15.2 Å². The van der Waals surface area contributed by atoms with Gasteiger partial charge in [0.2, 0.25) is 0 Å². The molecule has 6 bridgehead atoms. The number of pyridine rings is 1. The van der Waals surface area contributed by atoms with E-state index in [9.17, 15) is 22.8 Å². The number of hydrogen-bond donors (Lipinski definition) is 2. The molecule has 2 fully saturated rings. The highest BCUT2D eigenvalue weighted by molar-refractivity contribution is 5.95. The fourth-order valence-corrected chi connectivity index (χ4v) is 7.85. The lowest BCUT2D eigenvalue weighted by atomic mass is 9.67. The largest absolute Gasteiger partial charge is 0.464 e. The van der Waals surface area contributed by atoms with Crippen molar-refractivity contribution in [2.75, 3.05) is 39.9 Å². The summed E-state index contributed by atoms with van der Waals surface area (Å²) in [6.45, 7) is 4.82. The molecule has 0 spiro atoms. The van der Waals surface area contributed by atoms with Gasteiger partial charge in [0.1, 0.15) is 18.7 Å². The van der Waals surface area contributed by atoms with Crippen LogP contribution in [-0.2, 0) is 25.6 Å². The van der Waals surface area contributed by atoms with E-state index >= 15 is 0 Å². The van der Waals surface area contributed by atoms with Crippen LogP contribution in [0.5, 0.6) is 0 Å². The summed E-state index contributed by atoms with van der Waals surface area (Å²) in [4.78, 5) is 33.4. The number of methoxy groups -OCH3 is 1. The van der Waals surface area contributed by atoms with E-state index in [0.717, 1.165) is 11.1 Å². The molecule has 13 heteroatoms. The standard InChI is InChI=1S/C33H39F3N6O4/c1-32(2)17-46-31(44)23-7-5-11-42(39-23)30(43)22(37)15-40-13-19(14-40)18-8-9-24-21(12-18)25-26(32)29(45-3)27-20(6-4-10-38-27)28(25)41(24)16-33(34,35)36/h4,6,8-10,12,19,22-23,26,29,39H,5,7,11,13-17,37H2,1-3H3/t22?,23-,26?,29-/m0/s1. The van der Waals surface area contributed by atoms with Crippen molar-refractivity contribution in [3.05, 3.63) is 53.3 Å². The van der Waals surface area contributed by atoms with Gasteiger partial charge in [0, 0.05) is 73.2 Å². The van der Waals surface area contributed by atoms with Crippen molar-refractivity contribution in [3.63, 3.8) is 0 Å². The Morgan fingerprint density at radius 3 is 2.70 bits per heavy atom.